The number of nitrogens with two attached hydrogens (primary N) is 1. The van der Waals surface area contributed by atoms with Gasteiger partial charge < -0.3 is 34.2 Å². The van der Waals surface area contributed by atoms with Gasteiger partial charge in [-0.25, -0.2) is 0 Å². The van der Waals surface area contributed by atoms with E-state index in [1.807, 2.05) is 44.2 Å². The molecule has 5 aromatic rings. The van der Waals surface area contributed by atoms with Gasteiger partial charge in [-0.1, -0.05) is 6.07 Å². The molecule has 0 bridgehead atoms. The number of hydrogen-bond donors (Lipinski definition) is 1. The van der Waals surface area contributed by atoms with E-state index in [1.54, 1.807) is 74.8 Å². The van der Waals surface area contributed by atoms with Gasteiger partial charge in [0.15, 0.2) is 11.6 Å². The maximum absolute atomic E-state index is 11.1. The van der Waals surface area contributed by atoms with Crippen LogP contribution in [0, 0.1) is 49.4 Å². The molecule has 0 fully saturated rings. The van der Waals surface area contributed by atoms with Crippen LogP contribution < -0.4 is 15.2 Å². The number of fused-ring (bicyclic) bond motifs is 3. The molecular formula is C40H49EuN3O8. The molecule has 0 unspecified atom stereocenters. The van der Waals surface area contributed by atoms with Gasteiger partial charge in [-0.3, -0.25) is 19.6 Å². The van der Waals surface area contributed by atoms with Crippen LogP contribution in [0.15, 0.2) is 91.3 Å². The topological polar surface area (TPSA) is 141 Å². The summed E-state index contributed by atoms with van der Waals surface area (Å²) in [6.07, 6.45) is 3.53. The first-order valence-corrected chi connectivity index (χ1v) is 17.0. The Kier molecular flexibility index (Phi) is 22.8. The van der Waals surface area contributed by atoms with Crippen LogP contribution >= 0.6 is 0 Å². The van der Waals surface area contributed by atoms with E-state index in [0.717, 1.165) is 39.0 Å². The number of nitrogens with zero attached hydrogens (tertiary/aromatic N) is 2. The zero-order valence-electron chi connectivity index (χ0n) is 30.3. The number of rotatable bonds is 18. The summed E-state index contributed by atoms with van der Waals surface area (Å²) in [7, 11) is 0. The van der Waals surface area contributed by atoms with Gasteiger partial charge in [-0.15, -0.1) is 0 Å². The Labute approximate surface area is 347 Å². The molecule has 2 N–H and O–H groups in total. The molecule has 0 aliphatic rings. The summed E-state index contributed by atoms with van der Waals surface area (Å²) in [6.45, 7) is 12.9. The average molecular weight is 852 g/mol. The molecular weight excluding hydrogens is 802 g/mol. The zero-order valence-corrected chi connectivity index (χ0v) is 32.8. The number of Topliss-reactive ketones (excluding diaryl/α,β-unsaturated/α-hetero) is 2. The van der Waals surface area contributed by atoms with Crippen LogP contribution in [-0.2, 0) is 18.9 Å². The second-order valence-corrected chi connectivity index (χ2v) is 10.9. The van der Waals surface area contributed by atoms with Crippen molar-refractivity contribution in [1.82, 2.24) is 9.97 Å². The first-order valence-electron chi connectivity index (χ1n) is 17.0. The third-order valence-electron chi connectivity index (χ3n) is 7.16. The number of pyridine rings is 2. The van der Waals surface area contributed by atoms with E-state index in [4.69, 9.17) is 34.2 Å². The quantitative estimate of drug-likeness (QED) is 0.0422. The number of aromatic nitrogens is 2. The maximum atomic E-state index is 11.1. The van der Waals surface area contributed by atoms with Crippen molar-refractivity contribution in [3.05, 3.63) is 102 Å². The van der Waals surface area contributed by atoms with E-state index in [0.29, 0.717) is 77.2 Å². The normalized spacial score (nSPS) is 10.3. The molecule has 3 aromatic carbocycles. The minimum atomic E-state index is 0. The van der Waals surface area contributed by atoms with E-state index < -0.39 is 0 Å². The minimum absolute atomic E-state index is 0. The van der Waals surface area contributed by atoms with Crippen LogP contribution in [0.2, 0.25) is 0 Å². The molecule has 0 aliphatic carbocycles. The summed E-state index contributed by atoms with van der Waals surface area (Å²) in [4.78, 5) is 30.8. The molecule has 0 atom stereocenters. The Morgan fingerprint density at radius 1 is 0.577 bits per heavy atom. The van der Waals surface area contributed by atoms with E-state index >= 15 is 0 Å². The molecule has 52 heavy (non-hydrogen) atoms. The monoisotopic (exact) mass is 852 g/mol. The SMILES string of the molecule is CCOCCOCCOc1ccc(C(C)=O)cc1.CCOCCOCCOc1ccc(C(C)=O)cc1.Nc1cc2cccnc2c2ncccc12.[Eu]. The van der Waals surface area contributed by atoms with Gasteiger partial charge in [0, 0.05) is 103 Å². The number of anilines is 1. The summed E-state index contributed by atoms with van der Waals surface area (Å²) < 4.78 is 31.8. The Hall–Kier alpha value is -3.36. The van der Waals surface area contributed by atoms with Crippen molar-refractivity contribution in [2.45, 2.75) is 27.7 Å². The molecule has 12 heteroatoms. The second-order valence-electron chi connectivity index (χ2n) is 10.9. The van der Waals surface area contributed by atoms with Crippen LogP contribution in [0.1, 0.15) is 48.4 Å². The fraction of sp³-hybridized carbons (Fsp3) is 0.350. The first kappa shape index (κ1) is 44.8. The van der Waals surface area contributed by atoms with Gasteiger partial charge in [0.05, 0.1) is 50.7 Å². The van der Waals surface area contributed by atoms with E-state index in [2.05, 4.69) is 9.97 Å². The number of carbonyl (C=O) groups excluding carboxylic acids is 2. The van der Waals surface area contributed by atoms with Crippen LogP contribution in [0.3, 0.4) is 0 Å². The zero-order chi connectivity index (χ0) is 36.7. The second kappa shape index (κ2) is 26.4. The van der Waals surface area contributed by atoms with Crippen molar-refractivity contribution in [3.63, 3.8) is 0 Å². The number of ether oxygens (including phenoxy) is 6. The largest absolute Gasteiger partial charge is 0.491 e. The van der Waals surface area contributed by atoms with Gasteiger partial charge in [-0.2, -0.15) is 0 Å². The van der Waals surface area contributed by atoms with Crippen LogP contribution in [0.4, 0.5) is 5.69 Å². The molecule has 2 heterocycles. The molecule has 0 spiro atoms. The van der Waals surface area contributed by atoms with Crippen molar-refractivity contribution in [2.24, 2.45) is 0 Å². The smallest absolute Gasteiger partial charge is 0.159 e. The van der Waals surface area contributed by atoms with Crippen molar-refractivity contribution in [3.8, 4) is 11.5 Å². The summed E-state index contributed by atoms with van der Waals surface area (Å²) in [6, 6.07) is 23.9. The molecule has 1 radical (unpaired) electrons. The van der Waals surface area contributed by atoms with Gasteiger partial charge in [0.1, 0.15) is 24.7 Å². The Morgan fingerprint density at radius 2 is 1.00 bits per heavy atom. The molecule has 5 rings (SSSR count). The summed E-state index contributed by atoms with van der Waals surface area (Å²) in [5, 5.41) is 1.99. The molecule has 0 saturated heterocycles. The molecule has 279 valence electrons. The van der Waals surface area contributed by atoms with E-state index in [-0.39, 0.29) is 60.9 Å². The Bertz CT molecular complexity index is 1680. The molecule has 0 aliphatic heterocycles. The number of benzene rings is 3. The predicted octanol–water partition coefficient (Wildman–Crippen LogP) is 7.01. The third kappa shape index (κ3) is 16.5. The fourth-order valence-electron chi connectivity index (χ4n) is 4.54. The third-order valence-corrected chi connectivity index (χ3v) is 7.16. The maximum Gasteiger partial charge on any atom is 0.159 e. The van der Waals surface area contributed by atoms with E-state index in [1.165, 1.54) is 0 Å². The summed E-state index contributed by atoms with van der Waals surface area (Å²) in [5.41, 5.74) is 9.86. The predicted molar refractivity (Wildman–Crippen MR) is 200 cm³/mol. The van der Waals surface area contributed by atoms with Gasteiger partial charge in [-0.05, 0) is 100 Å². The molecule has 11 nitrogen and oxygen atoms in total. The number of hydrogen-bond acceptors (Lipinski definition) is 11. The summed E-state index contributed by atoms with van der Waals surface area (Å²) in [5.74, 6) is 1.60. The first-order chi connectivity index (χ1) is 24.8. The molecule has 2 aromatic heterocycles. The summed E-state index contributed by atoms with van der Waals surface area (Å²) >= 11 is 0. The number of ketones is 2. The Morgan fingerprint density at radius 3 is 1.46 bits per heavy atom. The van der Waals surface area contributed by atoms with Gasteiger partial charge in [0.25, 0.3) is 0 Å². The number of nitrogen functional groups attached to an aromatic ring is 1. The van der Waals surface area contributed by atoms with Crippen molar-refractivity contribution < 1.29 is 87.4 Å². The standard InChI is InChI=1S/2C14H20O4.C12H9N3.Eu/c2*1-3-16-8-9-17-10-11-18-14-6-4-13(5-7-14)12(2)15;13-10-7-8-3-1-5-14-11(8)12-9(10)4-2-6-15-12;/h2*4-7H,3,8-11H2,1-2H3;1-7H,13H2;. The average Bonchev–Trinajstić information content (AvgIpc) is 3.15. The van der Waals surface area contributed by atoms with Crippen molar-refractivity contribution in [2.75, 3.05) is 71.8 Å². The van der Waals surface area contributed by atoms with Crippen molar-refractivity contribution in [1.29, 1.82) is 0 Å². The van der Waals surface area contributed by atoms with Crippen LogP contribution in [0.5, 0.6) is 11.5 Å². The van der Waals surface area contributed by atoms with Crippen LogP contribution in [0.25, 0.3) is 21.8 Å². The Balaban J connectivity index is 0.000000268. The molecule has 0 saturated carbocycles. The number of carbonyl (C=O) groups is 2. The van der Waals surface area contributed by atoms with Crippen molar-refractivity contribution >= 4 is 39.1 Å². The van der Waals surface area contributed by atoms with Gasteiger partial charge in [0.2, 0.25) is 0 Å². The van der Waals surface area contributed by atoms with Gasteiger partial charge >= 0.3 is 0 Å². The van der Waals surface area contributed by atoms with Crippen LogP contribution in [-0.4, -0.2) is 87.6 Å². The minimum Gasteiger partial charge on any atom is -0.491 e. The van der Waals surface area contributed by atoms with E-state index in [9.17, 15) is 9.59 Å². The fourth-order valence-corrected chi connectivity index (χ4v) is 4.54. The molecule has 0 amide bonds.